The average molecular weight is 133 g/mol. The number of carbonyl (C=O) groups is 1. The second kappa shape index (κ2) is 1.95. The highest BCUT2D eigenvalue weighted by Gasteiger charge is 2.31. The molecule has 8 heavy (non-hydrogen) atoms. The molecule has 1 saturated heterocycles. The van der Waals surface area contributed by atoms with Gasteiger partial charge >= 0.3 is 5.97 Å². The average Bonchev–Trinajstić information content (AvgIpc) is 1.98. The molecule has 2 N–H and O–H groups in total. The smallest absolute Gasteiger partial charge is 0.336 e. The molecule has 0 amide bonds. The Kier molecular flexibility index (Phi) is 1.44. The minimum absolute atomic E-state index is 0.113. The molecule has 1 aliphatic heterocycles. The zero-order chi connectivity index (χ0) is 6.15. The maximum absolute atomic E-state index is 10.4. The van der Waals surface area contributed by atoms with Gasteiger partial charge in [-0.2, -0.15) is 0 Å². The van der Waals surface area contributed by atoms with E-state index in [1.54, 1.807) is 0 Å². The van der Waals surface area contributed by atoms with Gasteiger partial charge < -0.3 is 9.92 Å². The van der Waals surface area contributed by atoms with E-state index in [1.165, 1.54) is 0 Å². The van der Waals surface area contributed by atoms with Crippen molar-refractivity contribution in [2.45, 2.75) is 18.2 Å². The Bertz CT molecular complexity index is 117. The van der Waals surface area contributed by atoms with Gasteiger partial charge in [0.1, 0.15) is 6.04 Å². The van der Waals surface area contributed by atoms with E-state index < -0.39 is 6.04 Å². The van der Waals surface area contributed by atoms with E-state index in [9.17, 15) is 4.79 Å². The lowest BCUT2D eigenvalue weighted by Gasteiger charge is -1.97. The summed E-state index contributed by atoms with van der Waals surface area (Å²) < 4.78 is 4.53. The van der Waals surface area contributed by atoms with Crippen LogP contribution in [0.2, 0.25) is 0 Å². The SMILES string of the molecule is CC1SOC(=O)C1N. The standard InChI is InChI=1S/C4H7NO2S/c1-2-3(5)4(6)7-8-2/h2-3H,5H2,1H3. The maximum atomic E-state index is 10.4. The second-order valence-corrected chi connectivity index (χ2v) is 2.83. The topological polar surface area (TPSA) is 52.3 Å². The molecule has 1 rings (SSSR count). The van der Waals surface area contributed by atoms with E-state index in [1.807, 2.05) is 6.92 Å². The Morgan fingerprint density at radius 1 is 1.88 bits per heavy atom. The largest absolute Gasteiger partial charge is 0.390 e. The first kappa shape index (κ1) is 5.91. The van der Waals surface area contributed by atoms with Crippen LogP contribution in [0.15, 0.2) is 0 Å². The molecule has 2 atom stereocenters. The number of carbonyl (C=O) groups excluding carboxylic acids is 1. The van der Waals surface area contributed by atoms with Gasteiger partial charge in [-0.15, -0.1) is 0 Å². The first-order chi connectivity index (χ1) is 3.72. The van der Waals surface area contributed by atoms with Crippen molar-refractivity contribution in [2.24, 2.45) is 5.73 Å². The van der Waals surface area contributed by atoms with E-state index in [0.29, 0.717) is 0 Å². The molecule has 0 aromatic rings. The minimum atomic E-state index is -0.417. The Morgan fingerprint density at radius 2 is 2.50 bits per heavy atom. The third-order valence-electron chi connectivity index (χ3n) is 1.06. The van der Waals surface area contributed by atoms with Crippen molar-refractivity contribution < 1.29 is 8.98 Å². The predicted octanol–water partition coefficient (Wildman–Crippen LogP) is -0.0928. The number of hydrogen-bond donors (Lipinski definition) is 1. The Hall–Kier alpha value is -0.220. The summed E-state index contributed by atoms with van der Waals surface area (Å²) >= 11 is 1.14. The number of hydrogen-bond acceptors (Lipinski definition) is 4. The quantitative estimate of drug-likeness (QED) is 0.469. The molecule has 0 aromatic carbocycles. The molecule has 46 valence electrons. The predicted molar refractivity (Wildman–Crippen MR) is 31.1 cm³/mol. The molecule has 0 spiro atoms. The van der Waals surface area contributed by atoms with Crippen LogP contribution >= 0.6 is 12.0 Å². The van der Waals surface area contributed by atoms with Gasteiger partial charge in [-0.1, -0.05) is 0 Å². The van der Waals surface area contributed by atoms with Gasteiger partial charge in [0.15, 0.2) is 0 Å². The van der Waals surface area contributed by atoms with Crippen molar-refractivity contribution in [3.63, 3.8) is 0 Å². The molecule has 0 aliphatic carbocycles. The Morgan fingerprint density at radius 3 is 2.62 bits per heavy atom. The van der Waals surface area contributed by atoms with Crippen molar-refractivity contribution in [1.82, 2.24) is 0 Å². The monoisotopic (exact) mass is 133 g/mol. The summed E-state index contributed by atoms with van der Waals surface area (Å²) in [6, 6.07) is -0.417. The fourth-order valence-electron chi connectivity index (χ4n) is 0.430. The molecule has 4 heteroatoms. The number of rotatable bonds is 0. The van der Waals surface area contributed by atoms with Crippen molar-refractivity contribution in [1.29, 1.82) is 0 Å². The highest BCUT2D eigenvalue weighted by molar-refractivity contribution is 7.96. The Balaban J connectivity index is 2.56. The van der Waals surface area contributed by atoms with E-state index in [-0.39, 0.29) is 11.2 Å². The summed E-state index contributed by atoms with van der Waals surface area (Å²) in [6.45, 7) is 1.86. The highest BCUT2D eigenvalue weighted by atomic mass is 32.2. The number of nitrogens with two attached hydrogens (primary N) is 1. The van der Waals surface area contributed by atoms with E-state index in [0.717, 1.165) is 12.0 Å². The summed E-state index contributed by atoms with van der Waals surface area (Å²) in [5.41, 5.74) is 5.33. The maximum Gasteiger partial charge on any atom is 0.336 e. The molecule has 1 fully saturated rings. The van der Waals surface area contributed by atoms with Crippen LogP contribution in [-0.4, -0.2) is 17.3 Å². The van der Waals surface area contributed by atoms with Crippen LogP contribution in [0.3, 0.4) is 0 Å². The lowest BCUT2D eigenvalue weighted by molar-refractivity contribution is -0.132. The molecular weight excluding hydrogens is 126 g/mol. The molecule has 0 aromatic heterocycles. The summed E-state index contributed by atoms with van der Waals surface area (Å²) in [5, 5.41) is 0.113. The normalized spacial score (nSPS) is 37.5. The molecule has 0 saturated carbocycles. The van der Waals surface area contributed by atoms with E-state index in [4.69, 9.17) is 5.73 Å². The molecule has 0 bridgehead atoms. The molecule has 1 heterocycles. The van der Waals surface area contributed by atoms with Gasteiger partial charge in [0.05, 0.1) is 17.3 Å². The molecular formula is C4H7NO2S. The first-order valence-corrected chi connectivity index (χ1v) is 3.15. The summed E-state index contributed by atoms with van der Waals surface area (Å²) in [6.07, 6.45) is 0. The van der Waals surface area contributed by atoms with Crippen molar-refractivity contribution in [2.75, 3.05) is 0 Å². The first-order valence-electron chi connectivity index (χ1n) is 2.34. The van der Waals surface area contributed by atoms with Gasteiger partial charge in [-0.25, -0.2) is 4.79 Å². The van der Waals surface area contributed by atoms with Crippen molar-refractivity contribution in [3.8, 4) is 0 Å². The molecule has 3 nitrogen and oxygen atoms in total. The molecule has 0 radical (unpaired) electrons. The van der Waals surface area contributed by atoms with Crippen molar-refractivity contribution in [3.05, 3.63) is 0 Å². The van der Waals surface area contributed by atoms with Crippen LogP contribution in [-0.2, 0) is 8.98 Å². The van der Waals surface area contributed by atoms with Crippen LogP contribution in [0.1, 0.15) is 6.92 Å². The molecule has 1 aliphatic rings. The van der Waals surface area contributed by atoms with Gasteiger partial charge in [0.25, 0.3) is 0 Å². The molecule has 2 unspecified atom stereocenters. The fourth-order valence-corrected chi connectivity index (χ4v) is 1.02. The zero-order valence-corrected chi connectivity index (χ0v) is 5.27. The van der Waals surface area contributed by atoms with Crippen molar-refractivity contribution >= 4 is 18.0 Å². The lowest BCUT2D eigenvalue weighted by atomic mass is 10.2. The van der Waals surface area contributed by atoms with E-state index in [2.05, 4.69) is 4.18 Å². The zero-order valence-electron chi connectivity index (χ0n) is 4.46. The van der Waals surface area contributed by atoms with Crippen LogP contribution in [0.5, 0.6) is 0 Å². The van der Waals surface area contributed by atoms with Gasteiger partial charge in [0, 0.05) is 0 Å². The van der Waals surface area contributed by atoms with Gasteiger partial charge in [0.2, 0.25) is 0 Å². The van der Waals surface area contributed by atoms with Crippen LogP contribution in [0, 0.1) is 0 Å². The third kappa shape index (κ3) is 0.809. The van der Waals surface area contributed by atoms with E-state index >= 15 is 0 Å². The van der Waals surface area contributed by atoms with Gasteiger partial charge in [-0.05, 0) is 6.92 Å². The van der Waals surface area contributed by atoms with Crippen LogP contribution < -0.4 is 5.73 Å². The van der Waals surface area contributed by atoms with Gasteiger partial charge in [-0.3, -0.25) is 0 Å². The lowest BCUT2D eigenvalue weighted by Crippen LogP contribution is -2.32. The Labute approximate surface area is 51.8 Å². The minimum Gasteiger partial charge on any atom is -0.390 e. The van der Waals surface area contributed by atoms with Crippen LogP contribution in [0.4, 0.5) is 0 Å². The van der Waals surface area contributed by atoms with Crippen LogP contribution in [0.25, 0.3) is 0 Å². The summed E-state index contributed by atoms with van der Waals surface area (Å²) in [5.74, 6) is -0.303. The highest BCUT2D eigenvalue weighted by Crippen LogP contribution is 2.23. The second-order valence-electron chi connectivity index (χ2n) is 1.73. The summed E-state index contributed by atoms with van der Waals surface area (Å²) in [7, 11) is 0. The summed E-state index contributed by atoms with van der Waals surface area (Å²) in [4.78, 5) is 10.4. The fraction of sp³-hybridized carbons (Fsp3) is 0.750. The third-order valence-corrected chi connectivity index (χ3v) is 1.92.